The zero-order chi connectivity index (χ0) is 18.1. The van der Waals surface area contributed by atoms with Crippen LogP contribution in [0.4, 0.5) is 5.69 Å². The quantitative estimate of drug-likeness (QED) is 0.482. The number of para-hydroxylation sites is 1. The molecule has 2 aromatic rings. The molecule has 2 rings (SSSR count). The number of carbonyl (C=O) groups is 2. The van der Waals surface area contributed by atoms with E-state index >= 15 is 0 Å². The lowest BCUT2D eigenvalue weighted by molar-refractivity contribution is -0.136. The number of carbonyl (C=O) groups excluding carboxylic acids is 2. The van der Waals surface area contributed by atoms with Crippen LogP contribution in [-0.4, -0.2) is 24.6 Å². The summed E-state index contributed by atoms with van der Waals surface area (Å²) in [6, 6.07) is 14.5. The molecule has 0 bridgehead atoms. The second kappa shape index (κ2) is 9.22. The van der Waals surface area contributed by atoms with Crippen molar-refractivity contribution in [1.82, 2.24) is 5.43 Å². The lowest BCUT2D eigenvalue weighted by Gasteiger charge is -2.06. The molecule has 0 fully saturated rings. The topological polar surface area (TPSA) is 79.8 Å². The summed E-state index contributed by atoms with van der Waals surface area (Å²) in [5.41, 5.74) is 4.45. The van der Waals surface area contributed by atoms with E-state index in [1.54, 1.807) is 12.1 Å². The van der Waals surface area contributed by atoms with Crippen molar-refractivity contribution in [1.29, 1.82) is 0 Å². The van der Waals surface area contributed by atoms with E-state index in [1.165, 1.54) is 6.21 Å². The van der Waals surface area contributed by atoms with Crippen LogP contribution >= 0.6 is 0 Å². The van der Waals surface area contributed by atoms with Crippen LogP contribution in [-0.2, 0) is 9.59 Å². The van der Waals surface area contributed by atoms with Gasteiger partial charge in [-0.3, -0.25) is 9.59 Å². The minimum Gasteiger partial charge on any atom is -0.494 e. The molecule has 0 spiro atoms. The summed E-state index contributed by atoms with van der Waals surface area (Å²) in [5.74, 6) is -0.821. The predicted octanol–water partition coefficient (Wildman–Crippen LogP) is 2.87. The van der Waals surface area contributed by atoms with Crippen LogP contribution < -0.4 is 15.5 Å². The van der Waals surface area contributed by atoms with Crippen LogP contribution in [0.1, 0.15) is 24.5 Å². The van der Waals surface area contributed by atoms with Crippen molar-refractivity contribution in [2.45, 2.75) is 20.3 Å². The van der Waals surface area contributed by atoms with E-state index in [2.05, 4.69) is 15.8 Å². The summed E-state index contributed by atoms with van der Waals surface area (Å²) in [6.45, 7) is 4.55. The summed E-state index contributed by atoms with van der Waals surface area (Å²) in [4.78, 5) is 23.6. The first kappa shape index (κ1) is 18.2. The molecule has 0 radical (unpaired) electrons. The van der Waals surface area contributed by atoms with Crippen LogP contribution in [0.5, 0.6) is 5.75 Å². The molecular formula is C19H21N3O3. The summed E-state index contributed by atoms with van der Waals surface area (Å²) in [7, 11) is 0. The molecular weight excluding hydrogens is 318 g/mol. The highest BCUT2D eigenvalue weighted by atomic mass is 16.5. The van der Waals surface area contributed by atoms with Crippen molar-refractivity contribution < 1.29 is 14.3 Å². The lowest BCUT2D eigenvalue weighted by Crippen LogP contribution is -2.32. The highest BCUT2D eigenvalue weighted by molar-refractivity contribution is 6.39. The highest BCUT2D eigenvalue weighted by Gasteiger charge is 2.13. The van der Waals surface area contributed by atoms with Crippen LogP contribution in [0.15, 0.2) is 53.6 Å². The number of hydrogen-bond donors (Lipinski definition) is 2. The number of hydrogen-bond acceptors (Lipinski definition) is 4. The molecule has 2 N–H and O–H groups in total. The second-order valence-corrected chi connectivity index (χ2v) is 5.39. The number of ether oxygens (including phenoxy) is 1. The summed E-state index contributed by atoms with van der Waals surface area (Å²) in [5, 5.41) is 6.34. The standard InChI is InChI=1S/C19H21N3O3/c1-3-12-25-16-10-8-15(9-11-16)13-20-22-19(24)18(23)21-17-7-5-4-6-14(17)2/h4-11,13H,3,12H2,1-2H3,(H,21,23)(H,22,24)/b20-13-. The van der Waals surface area contributed by atoms with Gasteiger partial charge in [-0.05, 0) is 54.8 Å². The number of amides is 2. The first-order chi connectivity index (χ1) is 12.1. The van der Waals surface area contributed by atoms with Crippen molar-refractivity contribution in [2.75, 3.05) is 11.9 Å². The SMILES string of the molecule is CCCOc1ccc(/C=N\NC(=O)C(=O)Nc2ccccc2C)cc1. The third-order valence-electron chi connectivity index (χ3n) is 3.33. The average Bonchev–Trinajstić information content (AvgIpc) is 2.62. The van der Waals surface area contributed by atoms with Gasteiger partial charge in [0.15, 0.2) is 0 Å². The Balaban J connectivity index is 1.85. The molecule has 2 amide bonds. The Kier molecular flexibility index (Phi) is 6.71. The summed E-state index contributed by atoms with van der Waals surface area (Å²) >= 11 is 0. The third-order valence-corrected chi connectivity index (χ3v) is 3.33. The van der Waals surface area contributed by atoms with Crippen molar-refractivity contribution in [3.63, 3.8) is 0 Å². The van der Waals surface area contributed by atoms with Gasteiger partial charge < -0.3 is 10.1 Å². The van der Waals surface area contributed by atoms with E-state index in [9.17, 15) is 9.59 Å². The van der Waals surface area contributed by atoms with Gasteiger partial charge in [-0.1, -0.05) is 25.1 Å². The molecule has 0 aliphatic rings. The van der Waals surface area contributed by atoms with Crippen molar-refractivity contribution in [3.8, 4) is 5.75 Å². The number of nitrogens with one attached hydrogen (secondary N) is 2. The summed E-state index contributed by atoms with van der Waals surface area (Å²) < 4.78 is 5.48. The van der Waals surface area contributed by atoms with E-state index in [4.69, 9.17) is 4.74 Å². The Morgan fingerprint density at radius 3 is 2.48 bits per heavy atom. The molecule has 0 unspecified atom stereocenters. The van der Waals surface area contributed by atoms with Crippen LogP contribution in [0.3, 0.4) is 0 Å². The van der Waals surface area contributed by atoms with Gasteiger partial charge in [-0.15, -0.1) is 0 Å². The molecule has 130 valence electrons. The van der Waals surface area contributed by atoms with E-state index in [1.807, 2.05) is 50.2 Å². The van der Waals surface area contributed by atoms with Crippen molar-refractivity contribution >= 4 is 23.7 Å². The third kappa shape index (κ3) is 5.76. The second-order valence-electron chi connectivity index (χ2n) is 5.39. The smallest absolute Gasteiger partial charge is 0.329 e. The fraction of sp³-hybridized carbons (Fsp3) is 0.211. The van der Waals surface area contributed by atoms with E-state index < -0.39 is 11.8 Å². The van der Waals surface area contributed by atoms with E-state index in [0.717, 1.165) is 23.3 Å². The minimum absolute atomic E-state index is 0.592. The molecule has 6 nitrogen and oxygen atoms in total. The fourth-order valence-electron chi connectivity index (χ4n) is 1.98. The van der Waals surface area contributed by atoms with Gasteiger partial charge in [0.2, 0.25) is 0 Å². The lowest BCUT2D eigenvalue weighted by atomic mass is 10.2. The number of aryl methyl sites for hydroxylation is 1. The van der Waals surface area contributed by atoms with Crippen LogP contribution in [0.2, 0.25) is 0 Å². The molecule has 0 aliphatic heterocycles. The van der Waals surface area contributed by atoms with Gasteiger partial charge in [-0.25, -0.2) is 5.43 Å². The highest BCUT2D eigenvalue weighted by Crippen LogP contribution is 2.13. The minimum atomic E-state index is -0.831. The molecule has 6 heteroatoms. The predicted molar refractivity (Wildman–Crippen MR) is 97.8 cm³/mol. The van der Waals surface area contributed by atoms with Gasteiger partial charge in [0.1, 0.15) is 5.75 Å². The van der Waals surface area contributed by atoms with Gasteiger partial charge >= 0.3 is 11.8 Å². The summed E-state index contributed by atoms with van der Waals surface area (Å²) in [6.07, 6.45) is 2.41. The number of anilines is 1. The fourth-order valence-corrected chi connectivity index (χ4v) is 1.98. The molecule has 0 heterocycles. The van der Waals surface area contributed by atoms with Gasteiger partial charge in [0.25, 0.3) is 0 Å². The molecule has 0 aromatic heterocycles. The first-order valence-electron chi connectivity index (χ1n) is 8.03. The Morgan fingerprint density at radius 2 is 1.80 bits per heavy atom. The Labute approximate surface area is 146 Å². The Bertz CT molecular complexity index is 755. The number of rotatable bonds is 6. The Hall–Kier alpha value is -3.15. The monoisotopic (exact) mass is 339 g/mol. The molecule has 2 aromatic carbocycles. The molecule has 25 heavy (non-hydrogen) atoms. The van der Waals surface area contributed by atoms with Gasteiger partial charge in [-0.2, -0.15) is 5.10 Å². The van der Waals surface area contributed by atoms with Crippen molar-refractivity contribution in [3.05, 3.63) is 59.7 Å². The largest absolute Gasteiger partial charge is 0.494 e. The maximum atomic E-state index is 11.8. The first-order valence-corrected chi connectivity index (χ1v) is 8.03. The normalized spacial score (nSPS) is 10.5. The van der Waals surface area contributed by atoms with Gasteiger partial charge in [0.05, 0.1) is 12.8 Å². The van der Waals surface area contributed by atoms with Crippen LogP contribution in [0, 0.1) is 6.92 Å². The number of nitrogens with zero attached hydrogens (tertiary/aromatic N) is 1. The van der Waals surface area contributed by atoms with Crippen molar-refractivity contribution in [2.24, 2.45) is 5.10 Å². The van der Waals surface area contributed by atoms with Crippen LogP contribution in [0.25, 0.3) is 0 Å². The molecule has 0 atom stereocenters. The zero-order valence-corrected chi connectivity index (χ0v) is 14.3. The molecule has 0 saturated heterocycles. The van der Waals surface area contributed by atoms with Gasteiger partial charge in [0, 0.05) is 5.69 Å². The van der Waals surface area contributed by atoms with E-state index in [-0.39, 0.29) is 0 Å². The van der Waals surface area contributed by atoms with E-state index in [0.29, 0.717) is 12.3 Å². The molecule has 0 aliphatic carbocycles. The average molecular weight is 339 g/mol. The number of benzene rings is 2. The molecule has 0 saturated carbocycles. The maximum Gasteiger partial charge on any atom is 0.329 e. The Morgan fingerprint density at radius 1 is 1.08 bits per heavy atom. The maximum absolute atomic E-state index is 11.8. The zero-order valence-electron chi connectivity index (χ0n) is 14.3. The number of hydrazone groups is 1.